The molecule has 2 unspecified atom stereocenters. The Bertz CT molecular complexity index is 720. The Labute approximate surface area is 211 Å². The van der Waals surface area contributed by atoms with E-state index >= 15 is 0 Å². The predicted octanol–water partition coefficient (Wildman–Crippen LogP) is 3.90. The third-order valence-corrected chi connectivity index (χ3v) is 6.56. The van der Waals surface area contributed by atoms with Gasteiger partial charge in [-0.1, -0.05) is 65.0 Å². The maximum absolute atomic E-state index is 13.2. The average molecular weight is 494 g/mol. The number of carboxylic acids is 1. The molecule has 3 amide bonds. The highest BCUT2D eigenvalue weighted by Gasteiger charge is 2.32. The van der Waals surface area contributed by atoms with Crippen LogP contribution in [0.2, 0.25) is 0 Å². The van der Waals surface area contributed by atoms with E-state index in [0.717, 1.165) is 32.1 Å². The molecule has 0 radical (unpaired) electrons. The van der Waals surface area contributed by atoms with Crippen LogP contribution >= 0.6 is 0 Å². The molecule has 200 valence electrons. The number of carboxylic acid groups (broad SMARTS) is 1. The Morgan fingerprint density at radius 2 is 1.74 bits per heavy atom. The minimum absolute atomic E-state index is 0.00877. The number of hydrogen-bond acceptors (Lipinski definition) is 4. The second-order valence-corrected chi connectivity index (χ2v) is 10.4. The molecule has 1 aliphatic heterocycles. The molecule has 0 aromatic heterocycles. The lowest BCUT2D eigenvalue weighted by molar-refractivity contribution is -0.143. The number of allylic oxidation sites excluding steroid dienone is 2. The molecule has 0 bridgehead atoms. The summed E-state index contributed by atoms with van der Waals surface area (Å²) in [4.78, 5) is 52.5. The lowest BCUT2D eigenvalue weighted by Gasteiger charge is -2.27. The van der Waals surface area contributed by atoms with Gasteiger partial charge in [-0.3, -0.25) is 14.4 Å². The summed E-state index contributed by atoms with van der Waals surface area (Å²) in [6.45, 7) is 6.09. The van der Waals surface area contributed by atoms with Crippen molar-refractivity contribution in [2.75, 3.05) is 14.1 Å². The molecular weight excluding hydrogens is 446 g/mol. The van der Waals surface area contributed by atoms with Crippen molar-refractivity contribution in [1.29, 1.82) is 0 Å². The van der Waals surface area contributed by atoms with Crippen molar-refractivity contribution >= 4 is 23.7 Å². The molecule has 8 heteroatoms. The number of nitrogens with zero attached hydrogens (tertiary/aromatic N) is 1. The molecule has 0 aliphatic carbocycles. The van der Waals surface area contributed by atoms with Crippen LogP contribution in [0.3, 0.4) is 0 Å². The fourth-order valence-electron chi connectivity index (χ4n) is 4.51. The van der Waals surface area contributed by atoms with E-state index in [1.54, 1.807) is 14.1 Å². The molecule has 4 atom stereocenters. The highest BCUT2D eigenvalue weighted by molar-refractivity contribution is 5.91. The van der Waals surface area contributed by atoms with Gasteiger partial charge in [-0.25, -0.2) is 4.79 Å². The predicted molar refractivity (Wildman–Crippen MR) is 138 cm³/mol. The van der Waals surface area contributed by atoms with Gasteiger partial charge in [-0.15, -0.1) is 0 Å². The number of carbonyl (C=O) groups excluding carboxylic acids is 3. The van der Waals surface area contributed by atoms with Gasteiger partial charge >= 0.3 is 5.97 Å². The summed E-state index contributed by atoms with van der Waals surface area (Å²) < 4.78 is 0. The zero-order chi connectivity index (χ0) is 26.4. The van der Waals surface area contributed by atoms with Crippen LogP contribution in [0.1, 0.15) is 91.4 Å². The molecule has 0 aromatic carbocycles. The lowest BCUT2D eigenvalue weighted by Crippen LogP contribution is -2.53. The van der Waals surface area contributed by atoms with E-state index in [4.69, 9.17) is 0 Å². The monoisotopic (exact) mass is 493 g/mol. The number of nitrogens with one attached hydrogen (secondary N) is 2. The molecule has 0 aromatic rings. The molecule has 0 fully saturated rings. The van der Waals surface area contributed by atoms with Gasteiger partial charge in [0.15, 0.2) is 0 Å². The highest BCUT2D eigenvalue weighted by atomic mass is 16.4. The summed E-state index contributed by atoms with van der Waals surface area (Å²) in [5.74, 6) is -2.64. The van der Waals surface area contributed by atoms with Crippen LogP contribution in [0, 0.1) is 17.8 Å². The molecule has 0 saturated heterocycles. The van der Waals surface area contributed by atoms with E-state index in [-0.39, 0.29) is 30.1 Å². The second kappa shape index (κ2) is 16.3. The molecule has 0 spiro atoms. The number of aliphatic carboxylic acids is 1. The maximum atomic E-state index is 13.2. The molecule has 0 saturated carbocycles. The van der Waals surface area contributed by atoms with Crippen LogP contribution in [0.25, 0.3) is 0 Å². The Balaban J connectivity index is 3.16. The topological polar surface area (TPSA) is 116 Å². The van der Waals surface area contributed by atoms with Crippen LogP contribution in [0.5, 0.6) is 0 Å². The summed E-state index contributed by atoms with van der Waals surface area (Å²) in [6, 6.07) is -2.03. The highest BCUT2D eigenvalue weighted by Crippen LogP contribution is 2.21. The smallest absolute Gasteiger partial charge is 0.326 e. The van der Waals surface area contributed by atoms with Gasteiger partial charge in [0.25, 0.3) is 0 Å². The molecule has 8 nitrogen and oxygen atoms in total. The first-order valence-electron chi connectivity index (χ1n) is 13.3. The van der Waals surface area contributed by atoms with E-state index in [2.05, 4.69) is 17.6 Å². The third kappa shape index (κ3) is 11.7. The Kier molecular flexibility index (Phi) is 14.3. The van der Waals surface area contributed by atoms with E-state index in [1.807, 2.05) is 26.0 Å². The number of unbranched alkanes of at least 4 members (excludes halogenated alkanes) is 4. The number of carbonyl (C=O) groups is 4. The fourth-order valence-corrected chi connectivity index (χ4v) is 4.51. The molecule has 1 heterocycles. The van der Waals surface area contributed by atoms with Crippen molar-refractivity contribution < 1.29 is 24.3 Å². The van der Waals surface area contributed by atoms with Crippen LogP contribution in [0.4, 0.5) is 0 Å². The quantitative estimate of drug-likeness (QED) is 0.315. The van der Waals surface area contributed by atoms with Gasteiger partial charge < -0.3 is 20.6 Å². The largest absolute Gasteiger partial charge is 0.480 e. The van der Waals surface area contributed by atoms with Crippen molar-refractivity contribution in [3.63, 3.8) is 0 Å². The SMILES string of the molecule is CCCCCCCC1CC/C=C\CC(C(=O)N(C)C)C[C@@H](C(=O)O)NC(=O)[C@H](CC(C)C)NC1=O. The summed E-state index contributed by atoms with van der Waals surface area (Å²) in [6.07, 6.45) is 12.4. The number of amides is 3. The van der Waals surface area contributed by atoms with Crippen molar-refractivity contribution in [1.82, 2.24) is 15.5 Å². The minimum atomic E-state index is -1.21. The second-order valence-electron chi connectivity index (χ2n) is 10.4. The Hall–Kier alpha value is -2.38. The van der Waals surface area contributed by atoms with Crippen LogP contribution in [-0.4, -0.2) is 59.9 Å². The molecule has 1 rings (SSSR count). The average Bonchev–Trinajstić information content (AvgIpc) is 2.78. The third-order valence-electron chi connectivity index (χ3n) is 6.56. The first-order chi connectivity index (χ1) is 16.6. The van der Waals surface area contributed by atoms with Crippen LogP contribution in [0.15, 0.2) is 12.2 Å². The van der Waals surface area contributed by atoms with E-state index < -0.39 is 29.9 Å². The van der Waals surface area contributed by atoms with Crippen LogP contribution in [-0.2, 0) is 19.2 Å². The maximum Gasteiger partial charge on any atom is 0.326 e. The standard InChI is InChI=1S/C27H47N3O5/c1-6-7-8-9-11-14-20-15-12-10-13-16-21(26(33)30(4)5)18-23(27(34)35)29-25(32)22(17-19(2)3)28-24(20)31/h10,13,19-23H,6-9,11-12,14-18H2,1-5H3,(H,28,31)(H,29,32)(H,34,35)/b13-10-/t20?,21?,22-,23-/m0/s1. The summed E-state index contributed by atoms with van der Waals surface area (Å²) in [5.41, 5.74) is 0. The fraction of sp³-hybridized carbons (Fsp3) is 0.778. The molecule has 35 heavy (non-hydrogen) atoms. The van der Waals surface area contributed by atoms with Gasteiger partial charge in [0.05, 0.1) is 0 Å². The lowest BCUT2D eigenvalue weighted by atomic mass is 9.91. The zero-order valence-electron chi connectivity index (χ0n) is 22.3. The van der Waals surface area contributed by atoms with Gasteiger partial charge in [0.2, 0.25) is 17.7 Å². The normalized spacial score (nSPS) is 25.3. The van der Waals surface area contributed by atoms with Gasteiger partial charge in [-0.05, 0) is 44.4 Å². The summed E-state index contributed by atoms with van der Waals surface area (Å²) in [5, 5.41) is 15.3. The first kappa shape index (κ1) is 30.7. The molecular formula is C27H47N3O5. The minimum Gasteiger partial charge on any atom is -0.480 e. The van der Waals surface area contributed by atoms with Gasteiger partial charge in [-0.2, -0.15) is 0 Å². The first-order valence-corrected chi connectivity index (χ1v) is 13.3. The van der Waals surface area contributed by atoms with Crippen molar-refractivity contribution in [3.8, 4) is 0 Å². The summed E-state index contributed by atoms with van der Waals surface area (Å²) >= 11 is 0. The van der Waals surface area contributed by atoms with E-state index in [1.165, 1.54) is 11.3 Å². The van der Waals surface area contributed by atoms with Gasteiger partial charge in [0.1, 0.15) is 12.1 Å². The number of hydrogen-bond donors (Lipinski definition) is 3. The molecule has 3 N–H and O–H groups in total. The Morgan fingerprint density at radius 1 is 1.06 bits per heavy atom. The van der Waals surface area contributed by atoms with Crippen molar-refractivity contribution in [2.45, 2.75) is 103 Å². The van der Waals surface area contributed by atoms with Gasteiger partial charge in [0, 0.05) is 25.9 Å². The zero-order valence-corrected chi connectivity index (χ0v) is 22.3. The Morgan fingerprint density at radius 3 is 2.34 bits per heavy atom. The molecule has 1 aliphatic rings. The van der Waals surface area contributed by atoms with Crippen LogP contribution < -0.4 is 10.6 Å². The van der Waals surface area contributed by atoms with E-state index in [9.17, 15) is 24.3 Å². The number of rotatable bonds is 10. The summed E-state index contributed by atoms with van der Waals surface area (Å²) in [7, 11) is 3.29. The van der Waals surface area contributed by atoms with Crippen molar-refractivity contribution in [3.05, 3.63) is 12.2 Å². The van der Waals surface area contributed by atoms with Crippen molar-refractivity contribution in [2.24, 2.45) is 17.8 Å². The van der Waals surface area contributed by atoms with E-state index in [0.29, 0.717) is 25.7 Å².